The minimum atomic E-state index is -3.83. The molecule has 0 saturated heterocycles. The van der Waals surface area contributed by atoms with Crippen LogP contribution in [0.3, 0.4) is 0 Å². The van der Waals surface area contributed by atoms with Gasteiger partial charge in [-0.1, -0.05) is 18.2 Å². The lowest BCUT2D eigenvalue weighted by Gasteiger charge is -2.11. The summed E-state index contributed by atoms with van der Waals surface area (Å²) in [4.78, 5) is 10.6. The minimum absolute atomic E-state index is 0.0375. The molecule has 0 aliphatic carbocycles. The van der Waals surface area contributed by atoms with E-state index in [0.717, 1.165) is 0 Å². The van der Waals surface area contributed by atoms with Crippen molar-refractivity contribution in [1.82, 2.24) is 0 Å². The Morgan fingerprint density at radius 3 is 2.20 bits per heavy atom. The molecule has 3 rings (SSSR count). The lowest BCUT2D eigenvalue weighted by Crippen LogP contribution is -2.14. The van der Waals surface area contributed by atoms with Crippen LogP contribution in [0.5, 0.6) is 5.75 Å². The Morgan fingerprint density at radius 1 is 0.967 bits per heavy atom. The summed E-state index contributed by atoms with van der Waals surface area (Å²) >= 11 is 0. The van der Waals surface area contributed by atoms with E-state index in [4.69, 9.17) is 9.84 Å². The van der Waals surface area contributed by atoms with Crippen LogP contribution in [-0.2, 0) is 14.8 Å². The van der Waals surface area contributed by atoms with E-state index in [9.17, 15) is 13.2 Å². The fourth-order valence-corrected chi connectivity index (χ4v) is 3.65. The maximum absolute atomic E-state index is 12.6. The van der Waals surface area contributed by atoms with Crippen LogP contribution in [0.1, 0.15) is 5.56 Å². The van der Waals surface area contributed by atoms with Crippen molar-refractivity contribution in [3.63, 3.8) is 0 Å². The Morgan fingerprint density at radius 2 is 1.60 bits per heavy atom. The summed E-state index contributed by atoms with van der Waals surface area (Å²) in [5.74, 6) is -0.802. The minimum Gasteiger partial charge on any atom is -0.482 e. The van der Waals surface area contributed by atoms with E-state index in [-0.39, 0.29) is 4.90 Å². The fraction of sp³-hybridized carbons (Fsp3) is 0.0952. The number of azo groups is 1. The molecule has 0 atom stereocenters. The number of aryl methyl sites for hydroxylation is 1. The van der Waals surface area contributed by atoms with Crippen LogP contribution < -0.4 is 9.46 Å². The van der Waals surface area contributed by atoms with Crippen molar-refractivity contribution in [2.75, 3.05) is 11.3 Å². The third kappa shape index (κ3) is 5.65. The number of hydrogen-bond acceptors (Lipinski definition) is 6. The summed E-state index contributed by atoms with van der Waals surface area (Å²) in [6.07, 6.45) is 0. The Bertz CT molecular complexity index is 1160. The average Bonchev–Trinajstić information content (AvgIpc) is 2.72. The van der Waals surface area contributed by atoms with Crippen LogP contribution in [0.25, 0.3) is 0 Å². The molecular weight excluding hydrogens is 406 g/mol. The van der Waals surface area contributed by atoms with E-state index in [2.05, 4.69) is 15.0 Å². The van der Waals surface area contributed by atoms with E-state index >= 15 is 0 Å². The standard InChI is InChI=1S/C21H19N3O5S/c1-15-13-19(11-12-20(15)29-14-21(25)26)30(27,28)24-18-9-7-17(8-10-18)23-22-16-5-3-2-4-6-16/h2-13,24H,14H2,1H3,(H,25,26). The van der Waals surface area contributed by atoms with Crippen molar-refractivity contribution in [3.05, 3.63) is 78.4 Å². The van der Waals surface area contributed by atoms with Crippen LogP contribution in [0.2, 0.25) is 0 Å². The normalized spacial score (nSPS) is 11.4. The number of nitrogens with zero attached hydrogens (tertiary/aromatic N) is 2. The Balaban J connectivity index is 1.70. The van der Waals surface area contributed by atoms with Gasteiger partial charge in [-0.25, -0.2) is 13.2 Å². The fourth-order valence-electron chi connectivity index (χ4n) is 2.51. The molecule has 2 N–H and O–H groups in total. The maximum Gasteiger partial charge on any atom is 0.341 e. The van der Waals surface area contributed by atoms with Crippen LogP contribution in [-0.4, -0.2) is 26.1 Å². The van der Waals surface area contributed by atoms with E-state index in [1.165, 1.54) is 18.2 Å². The van der Waals surface area contributed by atoms with Gasteiger partial charge in [0.1, 0.15) is 5.75 Å². The Kier molecular flexibility index (Phi) is 6.43. The van der Waals surface area contributed by atoms with Gasteiger partial charge in [-0.05, 0) is 67.1 Å². The SMILES string of the molecule is Cc1cc(S(=O)(=O)Nc2ccc(N=Nc3ccccc3)cc2)ccc1OCC(=O)O. The van der Waals surface area contributed by atoms with E-state index in [0.29, 0.717) is 28.4 Å². The van der Waals surface area contributed by atoms with Crippen LogP contribution in [0, 0.1) is 6.92 Å². The van der Waals surface area contributed by atoms with Gasteiger partial charge in [0.2, 0.25) is 0 Å². The van der Waals surface area contributed by atoms with Gasteiger partial charge in [0.05, 0.1) is 16.3 Å². The van der Waals surface area contributed by atoms with Crippen molar-refractivity contribution in [1.29, 1.82) is 0 Å². The first-order chi connectivity index (χ1) is 14.3. The molecule has 8 nitrogen and oxygen atoms in total. The third-order valence-corrected chi connectivity index (χ3v) is 5.34. The van der Waals surface area contributed by atoms with Gasteiger partial charge in [-0.15, -0.1) is 0 Å². The van der Waals surface area contributed by atoms with Crippen molar-refractivity contribution in [2.45, 2.75) is 11.8 Å². The van der Waals surface area contributed by atoms with Gasteiger partial charge in [0.15, 0.2) is 6.61 Å². The number of ether oxygens (including phenoxy) is 1. The molecular formula is C21H19N3O5S. The van der Waals surface area contributed by atoms with Crippen LogP contribution in [0.4, 0.5) is 17.1 Å². The highest BCUT2D eigenvalue weighted by Crippen LogP contribution is 2.25. The molecule has 30 heavy (non-hydrogen) atoms. The summed E-state index contributed by atoms with van der Waals surface area (Å²) in [5.41, 5.74) is 2.18. The number of carboxylic acid groups (broad SMARTS) is 1. The van der Waals surface area contributed by atoms with E-state index in [1.54, 1.807) is 31.2 Å². The predicted molar refractivity (Wildman–Crippen MR) is 112 cm³/mol. The van der Waals surface area contributed by atoms with Gasteiger partial charge in [0, 0.05) is 5.69 Å². The highest BCUT2D eigenvalue weighted by Gasteiger charge is 2.16. The van der Waals surface area contributed by atoms with Crippen molar-refractivity contribution in [2.24, 2.45) is 10.2 Å². The molecule has 0 radical (unpaired) electrons. The Labute approximate surface area is 173 Å². The number of anilines is 1. The smallest absolute Gasteiger partial charge is 0.341 e. The number of benzene rings is 3. The first kappa shape index (κ1) is 21.0. The number of nitrogens with one attached hydrogen (secondary N) is 1. The summed E-state index contributed by atoms with van der Waals surface area (Å²) in [7, 11) is -3.83. The number of carbonyl (C=O) groups is 1. The number of hydrogen-bond donors (Lipinski definition) is 2. The molecule has 3 aromatic rings. The molecule has 9 heteroatoms. The van der Waals surface area contributed by atoms with Gasteiger partial charge >= 0.3 is 5.97 Å². The molecule has 0 aliphatic rings. The first-order valence-corrected chi connectivity index (χ1v) is 10.4. The van der Waals surface area contributed by atoms with Crippen molar-refractivity contribution in [3.8, 4) is 5.75 Å². The summed E-state index contributed by atoms with van der Waals surface area (Å²) in [5, 5.41) is 16.9. The predicted octanol–water partition coefficient (Wildman–Crippen LogP) is 4.67. The maximum atomic E-state index is 12.6. The van der Waals surface area contributed by atoms with Gasteiger partial charge in [-0.3, -0.25) is 4.72 Å². The zero-order chi connectivity index (χ0) is 21.6. The second-order valence-corrected chi connectivity index (χ2v) is 7.98. The van der Waals surface area contributed by atoms with Gasteiger partial charge < -0.3 is 9.84 Å². The topological polar surface area (TPSA) is 117 Å². The number of sulfonamides is 1. The zero-order valence-electron chi connectivity index (χ0n) is 16.0. The summed E-state index contributed by atoms with van der Waals surface area (Å²) in [6.45, 7) is 1.14. The second-order valence-electron chi connectivity index (χ2n) is 6.30. The van der Waals surface area contributed by atoms with Crippen LogP contribution in [0.15, 0.2) is 87.9 Å². The molecule has 0 aliphatic heterocycles. The second kappa shape index (κ2) is 9.19. The highest BCUT2D eigenvalue weighted by atomic mass is 32.2. The van der Waals surface area contributed by atoms with E-state index in [1.807, 2.05) is 30.3 Å². The molecule has 0 saturated carbocycles. The Hall–Kier alpha value is -3.72. The lowest BCUT2D eigenvalue weighted by atomic mass is 10.2. The molecule has 3 aromatic carbocycles. The monoisotopic (exact) mass is 425 g/mol. The molecule has 0 amide bonds. The zero-order valence-corrected chi connectivity index (χ0v) is 16.8. The van der Waals surface area contributed by atoms with E-state index < -0.39 is 22.6 Å². The summed E-state index contributed by atoms with van der Waals surface area (Å²) in [6, 6.07) is 19.9. The third-order valence-electron chi connectivity index (χ3n) is 3.96. The molecule has 0 fully saturated rings. The average molecular weight is 425 g/mol. The first-order valence-electron chi connectivity index (χ1n) is 8.88. The number of rotatable bonds is 8. The molecule has 0 heterocycles. The van der Waals surface area contributed by atoms with Crippen LogP contribution >= 0.6 is 0 Å². The van der Waals surface area contributed by atoms with Gasteiger partial charge in [-0.2, -0.15) is 10.2 Å². The van der Waals surface area contributed by atoms with Gasteiger partial charge in [0.25, 0.3) is 10.0 Å². The lowest BCUT2D eigenvalue weighted by molar-refractivity contribution is -0.139. The largest absolute Gasteiger partial charge is 0.482 e. The molecule has 0 bridgehead atoms. The quantitative estimate of drug-likeness (QED) is 0.508. The summed E-state index contributed by atoms with van der Waals surface area (Å²) < 4.78 is 32.9. The highest BCUT2D eigenvalue weighted by molar-refractivity contribution is 7.92. The molecule has 0 aromatic heterocycles. The number of aliphatic carboxylic acids is 1. The molecule has 0 spiro atoms. The molecule has 0 unspecified atom stereocenters. The molecule has 154 valence electrons. The van der Waals surface area contributed by atoms with Crippen molar-refractivity contribution < 1.29 is 23.1 Å². The van der Waals surface area contributed by atoms with Crippen molar-refractivity contribution >= 4 is 33.1 Å². The number of carboxylic acids is 1.